The molecule has 0 aliphatic rings. The Bertz CT molecular complexity index is 192. The van der Waals surface area contributed by atoms with E-state index in [0.717, 1.165) is 0 Å². The van der Waals surface area contributed by atoms with Gasteiger partial charge in [0.1, 0.15) is 0 Å². The Labute approximate surface area is 52.1 Å². The van der Waals surface area contributed by atoms with Crippen LogP contribution < -0.4 is 5.73 Å². The van der Waals surface area contributed by atoms with Gasteiger partial charge in [-0.1, -0.05) is 0 Å². The van der Waals surface area contributed by atoms with Gasteiger partial charge in [-0.3, -0.25) is 4.79 Å². The molecule has 0 atom stereocenters. The van der Waals surface area contributed by atoms with Crippen molar-refractivity contribution in [3.05, 3.63) is 18.2 Å². The quantitative estimate of drug-likeness (QED) is 0.543. The Morgan fingerprint density at radius 1 is 2.00 bits per heavy atom. The maximum Gasteiger partial charge on any atom is 0.223 e. The summed E-state index contributed by atoms with van der Waals surface area (Å²) in [6.45, 7) is 0. The monoisotopic (exact) mass is 124 g/mol. The number of carbonyl (C=O) groups excluding carboxylic acids is 1. The van der Waals surface area contributed by atoms with Crippen LogP contribution in [-0.4, -0.2) is 15.9 Å². The number of amides is 1. The number of H-pyrrole nitrogens is 1. The van der Waals surface area contributed by atoms with Crippen LogP contribution in [0, 0.1) is 6.33 Å². The van der Waals surface area contributed by atoms with Crippen molar-refractivity contribution in [2.24, 2.45) is 5.73 Å². The van der Waals surface area contributed by atoms with Gasteiger partial charge in [-0.2, -0.15) is 0 Å². The van der Waals surface area contributed by atoms with E-state index in [-0.39, 0.29) is 12.3 Å². The lowest BCUT2D eigenvalue weighted by Gasteiger charge is -1.85. The van der Waals surface area contributed by atoms with Gasteiger partial charge in [0.2, 0.25) is 5.91 Å². The minimum Gasteiger partial charge on any atom is -0.369 e. The summed E-state index contributed by atoms with van der Waals surface area (Å²) in [6, 6.07) is 0. The normalized spacial score (nSPS) is 9.33. The van der Waals surface area contributed by atoms with Crippen LogP contribution in [0.2, 0.25) is 0 Å². The Balaban J connectivity index is 2.58. The summed E-state index contributed by atoms with van der Waals surface area (Å²) in [5.74, 6) is -0.379. The van der Waals surface area contributed by atoms with Crippen molar-refractivity contribution in [1.29, 1.82) is 0 Å². The number of primary amides is 1. The summed E-state index contributed by atoms with van der Waals surface area (Å²) in [6.07, 6.45) is 4.22. The molecule has 4 heteroatoms. The topological polar surface area (TPSA) is 71.8 Å². The zero-order valence-corrected chi connectivity index (χ0v) is 4.72. The van der Waals surface area contributed by atoms with Crippen molar-refractivity contribution in [1.82, 2.24) is 9.97 Å². The summed E-state index contributed by atoms with van der Waals surface area (Å²) >= 11 is 0. The molecule has 0 aromatic carbocycles. The molecule has 0 bridgehead atoms. The number of nitrogens with two attached hydrogens (primary N) is 1. The van der Waals surface area contributed by atoms with Crippen LogP contribution in [0.25, 0.3) is 0 Å². The number of carbonyl (C=O) groups is 1. The van der Waals surface area contributed by atoms with Crippen LogP contribution in [0.4, 0.5) is 0 Å². The van der Waals surface area contributed by atoms with Gasteiger partial charge in [-0.25, -0.2) is 4.98 Å². The van der Waals surface area contributed by atoms with Crippen molar-refractivity contribution < 1.29 is 4.79 Å². The van der Waals surface area contributed by atoms with E-state index in [1.54, 1.807) is 6.20 Å². The number of hydrogen-bond acceptors (Lipinski definition) is 2. The van der Waals surface area contributed by atoms with Crippen LogP contribution in [0.3, 0.4) is 0 Å². The number of aromatic amines is 1. The summed E-state index contributed by atoms with van der Waals surface area (Å²) in [4.78, 5) is 16.5. The van der Waals surface area contributed by atoms with E-state index in [1.807, 2.05) is 0 Å². The highest BCUT2D eigenvalue weighted by Crippen LogP contribution is 1.88. The van der Waals surface area contributed by atoms with E-state index >= 15 is 0 Å². The van der Waals surface area contributed by atoms with E-state index in [4.69, 9.17) is 5.73 Å². The zero-order chi connectivity index (χ0) is 6.69. The van der Waals surface area contributed by atoms with Crippen LogP contribution in [0.1, 0.15) is 5.69 Å². The maximum atomic E-state index is 10.2. The summed E-state index contributed by atoms with van der Waals surface area (Å²) < 4.78 is 0. The molecule has 0 saturated carbocycles. The highest BCUT2D eigenvalue weighted by molar-refractivity contribution is 5.75. The molecule has 4 nitrogen and oxygen atoms in total. The Morgan fingerprint density at radius 3 is 3.22 bits per heavy atom. The molecule has 0 aliphatic heterocycles. The Kier molecular flexibility index (Phi) is 1.48. The molecule has 1 rings (SSSR count). The molecule has 9 heavy (non-hydrogen) atoms. The Morgan fingerprint density at radius 2 is 2.78 bits per heavy atom. The van der Waals surface area contributed by atoms with E-state index in [2.05, 4.69) is 16.3 Å². The highest BCUT2D eigenvalue weighted by atomic mass is 16.1. The Hall–Kier alpha value is -1.32. The van der Waals surface area contributed by atoms with Gasteiger partial charge in [0.05, 0.1) is 12.1 Å². The molecular weight excluding hydrogens is 118 g/mol. The lowest BCUT2D eigenvalue weighted by molar-refractivity contribution is -0.117. The molecule has 0 fully saturated rings. The fourth-order valence-electron chi connectivity index (χ4n) is 0.521. The molecule has 47 valence electrons. The van der Waals surface area contributed by atoms with Crippen LogP contribution >= 0.6 is 0 Å². The maximum absolute atomic E-state index is 10.2. The van der Waals surface area contributed by atoms with E-state index in [9.17, 15) is 4.79 Å². The van der Waals surface area contributed by atoms with Crippen LogP contribution in [0.5, 0.6) is 0 Å². The molecule has 1 aromatic heterocycles. The first kappa shape index (κ1) is 5.81. The lowest BCUT2D eigenvalue weighted by atomic mass is 10.3. The van der Waals surface area contributed by atoms with E-state index < -0.39 is 0 Å². The van der Waals surface area contributed by atoms with Gasteiger partial charge >= 0.3 is 0 Å². The van der Waals surface area contributed by atoms with Crippen molar-refractivity contribution in [2.45, 2.75) is 6.42 Å². The number of imidazole rings is 1. The predicted octanol–water partition coefficient (Wildman–Crippen LogP) is -0.762. The van der Waals surface area contributed by atoms with E-state index in [0.29, 0.717) is 5.69 Å². The number of nitrogens with zero attached hydrogens (tertiary/aromatic N) is 1. The SMILES string of the molecule is NC(=O)Cc1c[nH][c]n1. The molecule has 1 amide bonds. The number of nitrogens with one attached hydrogen (secondary N) is 1. The smallest absolute Gasteiger partial charge is 0.223 e. The second-order valence-electron chi connectivity index (χ2n) is 1.65. The molecule has 0 unspecified atom stereocenters. The first-order valence-electron chi connectivity index (χ1n) is 2.47. The molecule has 0 spiro atoms. The van der Waals surface area contributed by atoms with Crippen molar-refractivity contribution >= 4 is 5.91 Å². The van der Waals surface area contributed by atoms with Gasteiger partial charge in [-0.05, 0) is 0 Å². The highest BCUT2D eigenvalue weighted by Gasteiger charge is 1.97. The fourth-order valence-corrected chi connectivity index (χ4v) is 0.521. The summed E-state index contributed by atoms with van der Waals surface area (Å²) in [5, 5.41) is 0. The molecule has 0 saturated heterocycles. The molecular formula is C5H6N3O. The van der Waals surface area contributed by atoms with Gasteiger partial charge in [0, 0.05) is 6.20 Å². The third-order valence-electron chi connectivity index (χ3n) is 0.858. The molecule has 1 radical (unpaired) electrons. The third kappa shape index (κ3) is 1.56. The minimum absolute atomic E-state index is 0.181. The third-order valence-corrected chi connectivity index (χ3v) is 0.858. The molecule has 1 heterocycles. The second kappa shape index (κ2) is 2.30. The summed E-state index contributed by atoms with van der Waals surface area (Å²) in [7, 11) is 0. The van der Waals surface area contributed by atoms with Crippen LogP contribution in [0.15, 0.2) is 6.20 Å². The fraction of sp³-hybridized carbons (Fsp3) is 0.200. The van der Waals surface area contributed by atoms with Crippen LogP contribution in [-0.2, 0) is 11.2 Å². The van der Waals surface area contributed by atoms with Crippen molar-refractivity contribution in [3.63, 3.8) is 0 Å². The standard InChI is InChI=1S/C5H6N3O/c6-5(9)1-4-2-7-3-8-4/h2H,1H2,(H2,6,9)(H,7,8). The largest absolute Gasteiger partial charge is 0.369 e. The van der Waals surface area contributed by atoms with Gasteiger partial charge < -0.3 is 10.7 Å². The number of rotatable bonds is 2. The molecule has 0 aliphatic carbocycles. The number of aromatic nitrogens is 2. The van der Waals surface area contributed by atoms with Gasteiger partial charge in [0.15, 0.2) is 6.33 Å². The van der Waals surface area contributed by atoms with Gasteiger partial charge in [0.25, 0.3) is 0 Å². The first-order valence-corrected chi connectivity index (χ1v) is 2.47. The molecule has 1 aromatic rings. The van der Waals surface area contributed by atoms with E-state index in [1.165, 1.54) is 0 Å². The number of hydrogen-bond donors (Lipinski definition) is 2. The average molecular weight is 124 g/mol. The lowest BCUT2D eigenvalue weighted by Crippen LogP contribution is -2.13. The molecule has 3 N–H and O–H groups in total. The zero-order valence-electron chi connectivity index (χ0n) is 4.72. The van der Waals surface area contributed by atoms with Crippen molar-refractivity contribution in [2.75, 3.05) is 0 Å². The predicted molar refractivity (Wildman–Crippen MR) is 30.3 cm³/mol. The van der Waals surface area contributed by atoms with Crippen molar-refractivity contribution in [3.8, 4) is 0 Å². The average Bonchev–Trinajstić information content (AvgIpc) is 2.15. The first-order chi connectivity index (χ1) is 4.29. The second-order valence-corrected chi connectivity index (χ2v) is 1.65. The van der Waals surface area contributed by atoms with Gasteiger partial charge in [-0.15, -0.1) is 0 Å². The summed E-state index contributed by atoms with van der Waals surface area (Å²) in [5.41, 5.74) is 5.50. The minimum atomic E-state index is -0.379.